The fraction of sp³-hybridized carbons (Fsp3) is 0.273. The molecule has 0 spiro atoms. The van der Waals surface area contributed by atoms with Crippen molar-refractivity contribution in [2.75, 3.05) is 6.54 Å². The molecule has 1 rings (SSSR count). The predicted octanol–water partition coefficient (Wildman–Crippen LogP) is 2.23. The summed E-state index contributed by atoms with van der Waals surface area (Å²) < 4.78 is 39.3. The van der Waals surface area contributed by atoms with Crippen molar-refractivity contribution in [2.45, 2.75) is 12.8 Å². The Morgan fingerprint density at radius 2 is 1.94 bits per heavy atom. The van der Waals surface area contributed by atoms with Crippen LogP contribution in [-0.4, -0.2) is 18.8 Å². The van der Waals surface area contributed by atoms with E-state index < -0.39 is 18.0 Å². The van der Waals surface area contributed by atoms with Gasteiger partial charge in [0.15, 0.2) is 0 Å². The van der Waals surface area contributed by atoms with Crippen LogP contribution in [0, 0.1) is 11.3 Å². The molecule has 0 aliphatic carbocycles. The van der Waals surface area contributed by atoms with Crippen LogP contribution in [0.15, 0.2) is 24.3 Å². The van der Waals surface area contributed by atoms with Crippen molar-refractivity contribution < 1.29 is 22.7 Å². The minimum Gasteiger partial charge on any atom is -0.406 e. The van der Waals surface area contributed by atoms with Crippen LogP contribution in [0.1, 0.15) is 16.8 Å². The van der Waals surface area contributed by atoms with E-state index in [1.165, 1.54) is 12.1 Å². The van der Waals surface area contributed by atoms with E-state index in [1.54, 1.807) is 0 Å². The Hall–Kier alpha value is -2.23. The summed E-state index contributed by atoms with van der Waals surface area (Å²) in [7, 11) is 0. The molecule has 1 amide bonds. The third-order valence-corrected chi connectivity index (χ3v) is 1.87. The van der Waals surface area contributed by atoms with Gasteiger partial charge in [0.05, 0.1) is 12.5 Å². The number of hydrogen-bond donors (Lipinski definition) is 1. The number of carbonyl (C=O) groups is 1. The molecule has 1 aromatic rings. The molecule has 0 fully saturated rings. The number of nitriles is 1. The molecule has 1 N–H and O–H groups in total. The van der Waals surface area contributed by atoms with E-state index in [0.29, 0.717) is 0 Å². The molecule has 18 heavy (non-hydrogen) atoms. The topological polar surface area (TPSA) is 62.1 Å². The Bertz CT molecular complexity index is 449. The van der Waals surface area contributed by atoms with Crippen LogP contribution in [-0.2, 0) is 0 Å². The molecular formula is C11H9F3N2O2. The number of nitrogens with one attached hydrogen (secondary N) is 1. The van der Waals surface area contributed by atoms with Gasteiger partial charge in [0.2, 0.25) is 0 Å². The van der Waals surface area contributed by atoms with Crippen molar-refractivity contribution in [1.82, 2.24) is 5.32 Å². The molecule has 4 nitrogen and oxygen atoms in total. The molecule has 96 valence electrons. The standard InChI is InChI=1S/C11H9F3N2O2/c12-11(13,14)18-9-4-2-8(3-5-9)10(17)16-7-1-6-15/h2-5H,1,7H2,(H,16,17). The first-order valence-corrected chi connectivity index (χ1v) is 4.93. The van der Waals surface area contributed by atoms with Crippen LogP contribution in [0.5, 0.6) is 5.75 Å². The average Bonchev–Trinajstić information content (AvgIpc) is 2.28. The molecule has 1 aromatic carbocycles. The number of alkyl halides is 3. The highest BCUT2D eigenvalue weighted by Gasteiger charge is 2.31. The number of ether oxygens (including phenoxy) is 1. The predicted molar refractivity (Wildman–Crippen MR) is 55.7 cm³/mol. The normalized spacial score (nSPS) is 10.6. The van der Waals surface area contributed by atoms with Crippen LogP contribution in [0.3, 0.4) is 0 Å². The minimum atomic E-state index is -4.75. The molecule has 0 unspecified atom stereocenters. The van der Waals surface area contributed by atoms with Gasteiger partial charge in [-0.1, -0.05) is 0 Å². The Labute approximate surface area is 101 Å². The van der Waals surface area contributed by atoms with Gasteiger partial charge in [-0.2, -0.15) is 5.26 Å². The smallest absolute Gasteiger partial charge is 0.406 e. The highest BCUT2D eigenvalue weighted by atomic mass is 19.4. The van der Waals surface area contributed by atoms with Crippen molar-refractivity contribution in [3.8, 4) is 11.8 Å². The highest BCUT2D eigenvalue weighted by molar-refractivity contribution is 5.94. The Balaban J connectivity index is 2.60. The molecule has 0 saturated heterocycles. The van der Waals surface area contributed by atoms with Gasteiger partial charge in [-0.05, 0) is 24.3 Å². The monoisotopic (exact) mass is 258 g/mol. The van der Waals surface area contributed by atoms with Gasteiger partial charge >= 0.3 is 6.36 Å². The Morgan fingerprint density at radius 1 is 1.33 bits per heavy atom. The lowest BCUT2D eigenvalue weighted by atomic mass is 10.2. The van der Waals surface area contributed by atoms with Crippen LogP contribution in [0.4, 0.5) is 13.2 Å². The van der Waals surface area contributed by atoms with Crippen molar-refractivity contribution in [3.63, 3.8) is 0 Å². The second-order valence-corrected chi connectivity index (χ2v) is 3.24. The van der Waals surface area contributed by atoms with Crippen molar-refractivity contribution in [3.05, 3.63) is 29.8 Å². The fourth-order valence-electron chi connectivity index (χ4n) is 1.14. The van der Waals surface area contributed by atoms with Crippen LogP contribution in [0.2, 0.25) is 0 Å². The number of halogens is 3. The van der Waals surface area contributed by atoms with Crippen LogP contribution < -0.4 is 10.1 Å². The lowest BCUT2D eigenvalue weighted by Crippen LogP contribution is -2.24. The van der Waals surface area contributed by atoms with E-state index in [9.17, 15) is 18.0 Å². The average molecular weight is 258 g/mol. The van der Waals surface area contributed by atoms with E-state index in [0.717, 1.165) is 12.1 Å². The van der Waals surface area contributed by atoms with Gasteiger partial charge in [0, 0.05) is 12.1 Å². The molecule has 0 aliphatic rings. The Morgan fingerprint density at radius 3 is 2.44 bits per heavy atom. The van der Waals surface area contributed by atoms with Crippen molar-refractivity contribution in [1.29, 1.82) is 5.26 Å². The van der Waals surface area contributed by atoms with Gasteiger partial charge in [-0.25, -0.2) is 0 Å². The molecule has 7 heteroatoms. The number of benzene rings is 1. The van der Waals surface area contributed by atoms with E-state index in [1.807, 2.05) is 6.07 Å². The number of carbonyl (C=O) groups excluding carboxylic acids is 1. The van der Waals surface area contributed by atoms with Gasteiger partial charge in [0.25, 0.3) is 5.91 Å². The van der Waals surface area contributed by atoms with Gasteiger partial charge < -0.3 is 10.1 Å². The maximum Gasteiger partial charge on any atom is 0.573 e. The molecule has 0 aliphatic heterocycles. The van der Waals surface area contributed by atoms with Crippen LogP contribution >= 0.6 is 0 Å². The first kappa shape index (κ1) is 13.8. The van der Waals surface area contributed by atoms with Crippen molar-refractivity contribution in [2.24, 2.45) is 0 Å². The van der Waals surface area contributed by atoms with Gasteiger partial charge in [-0.3, -0.25) is 4.79 Å². The SMILES string of the molecule is N#CCCNC(=O)c1ccc(OC(F)(F)F)cc1. The molecule has 0 aromatic heterocycles. The van der Waals surface area contributed by atoms with E-state index >= 15 is 0 Å². The lowest BCUT2D eigenvalue weighted by Gasteiger charge is -2.09. The second-order valence-electron chi connectivity index (χ2n) is 3.24. The number of rotatable bonds is 4. The van der Waals surface area contributed by atoms with Crippen molar-refractivity contribution >= 4 is 5.91 Å². The van der Waals surface area contributed by atoms with E-state index in [-0.39, 0.29) is 18.5 Å². The summed E-state index contributed by atoms with van der Waals surface area (Å²) in [4.78, 5) is 11.4. The summed E-state index contributed by atoms with van der Waals surface area (Å²) in [5, 5.41) is 10.7. The number of amides is 1. The summed E-state index contributed by atoms with van der Waals surface area (Å²) in [5.74, 6) is -0.847. The zero-order valence-electron chi connectivity index (χ0n) is 9.12. The van der Waals surface area contributed by atoms with E-state index in [4.69, 9.17) is 5.26 Å². The summed E-state index contributed by atoms with van der Waals surface area (Å²) >= 11 is 0. The summed E-state index contributed by atoms with van der Waals surface area (Å²) in [6.45, 7) is 0.191. The Kier molecular flexibility index (Phi) is 4.54. The third-order valence-electron chi connectivity index (χ3n) is 1.87. The number of nitrogens with zero attached hydrogens (tertiary/aromatic N) is 1. The highest BCUT2D eigenvalue weighted by Crippen LogP contribution is 2.22. The molecule has 0 atom stereocenters. The fourth-order valence-corrected chi connectivity index (χ4v) is 1.14. The van der Waals surface area contributed by atoms with Gasteiger partial charge in [0.1, 0.15) is 5.75 Å². The second kappa shape index (κ2) is 5.91. The first-order valence-electron chi connectivity index (χ1n) is 4.93. The lowest BCUT2D eigenvalue weighted by molar-refractivity contribution is -0.274. The minimum absolute atomic E-state index is 0.168. The molecule has 0 bridgehead atoms. The molecule has 0 radical (unpaired) electrons. The van der Waals surface area contributed by atoms with Gasteiger partial charge in [-0.15, -0.1) is 13.2 Å². The first-order chi connectivity index (χ1) is 8.42. The maximum atomic E-state index is 11.9. The van der Waals surface area contributed by atoms with E-state index in [2.05, 4.69) is 10.1 Å². The molecular weight excluding hydrogens is 249 g/mol. The largest absolute Gasteiger partial charge is 0.573 e. The third kappa shape index (κ3) is 4.74. The number of hydrogen-bond acceptors (Lipinski definition) is 3. The zero-order valence-corrected chi connectivity index (χ0v) is 9.12. The zero-order chi connectivity index (χ0) is 13.6. The summed E-state index contributed by atoms with van der Waals surface area (Å²) in [6, 6.07) is 6.37. The summed E-state index contributed by atoms with van der Waals surface area (Å²) in [5.41, 5.74) is 0.197. The summed E-state index contributed by atoms with van der Waals surface area (Å²) in [6.07, 6.45) is -4.59. The maximum absolute atomic E-state index is 11.9. The quantitative estimate of drug-likeness (QED) is 0.842. The molecule has 0 saturated carbocycles. The molecule has 0 heterocycles. The van der Waals surface area contributed by atoms with Crippen LogP contribution in [0.25, 0.3) is 0 Å².